The largest absolute Gasteiger partial charge is 0.385 e. The molecule has 0 aromatic rings. The molecule has 1 aliphatic carbocycles. The molecule has 2 aliphatic rings. The van der Waals surface area contributed by atoms with Crippen LogP contribution in [0.3, 0.4) is 0 Å². The Morgan fingerprint density at radius 2 is 2.58 bits per heavy atom. The lowest BCUT2D eigenvalue weighted by Gasteiger charge is -2.10. The number of hydrogen-bond acceptors (Lipinski definition) is 1. The van der Waals surface area contributed by atoms with Gasteiger partial charge in [0, 0.05) is 17.7 Å². The molecule has 0 bridgehead atoms. The van der Waals surface area contributed by atoms with E-state index >= 15 is 0 Å². The summed E-state index contributed by atoms with van der Waals surface area (Å²) in [6.07, 6.45) is 12.2. The fourth-order valence-corrected chi connectivity index (χ4v) is 2.06. The molecule has 1 aliphatic heterocycles. The Kier molecular flexibility index (Phi) is 2.03. The van der Waals surface area contributed by atoms with Gasteiger partial charge in [-0.1, -0.05) is 18.2 Å². The SMILES string of the molecule is C=CCC1CC2CC=CC=C2N1. The molecule has 0 aromatic heterocycles. The van der Waals surface area contributed by atoms with E-state index in [-0.39, 0.29) is 0 Å². The van der Waals surface area contributed by atoms with Crippen molar-refractivity contribution in [3.8, 4) is 0 Å². The molecule has 1 saturated heterocycles. The summed E-state index contributed by atoms with van der Waals surface area (Å²) in [7, 11) is 0. The van der Waals surface area contributed by atoms with Crippen LogP contribution in [0.5, 0.6) is 0 Å². The quantitative estimate of drug-likeness (QED) is 0.613. The van der Waals surface area contributed by atoms with Gasteiger partial charge in [0.2, 0.25) is 0 Å². The molecule has 0 saturated carbocycles. The van der Waals surface area contributed by atoms with E-state index in [0.29, 0.717) is 6.04 Å². The summed E-state index contributed by atoms with van der Waals surface area (Å²) in [5.41, 5.74) is 1.43. The van der Waals surface area contributed by atoms with Gasteiger partial charge in [0.25, 0.3) is 0 Å². The van der Waals surface area contributed by atoms with Gasteiger partial charge in [-0.25, -0.2) is 0 Å². The third-order valence-corrected chi connectivity index (χ3v) is 2.66. The molecule has 64 valence electrons. The van der Waals surface area contributed by atoms with E-state index in [0.717, 1.165) is 12.3 Å². The topological polar surface area (TPSA) is 12.0 Å². The highest BCUT2D eigenvalue weighted by molar-refractivity contribution is 5.23. The van der Waals surface area contributed by atoms with Gasteiger partial charge in [0.1, 0.15) is 0 Å². The van der Waals surface area contributed by atoms with E-state index in [2.05, 4.69) is 30.1 Å². The normalized spacial score (nSPS) is 32.2. The Morgan fingerprint density at radius 3 is 3.33 bits per heavy atom. The van der Waals surface area contributed by atoms with Crippen LogP contribution in [-0.2, 0) is 0 Å². The van der Waals surface area contributed by atoms with Crippen molar-refractivity contribution in [1.29, 1.82) is 0 Å². The maximum atomic E-state index is 3.77. The van der Waals surface area contributed by atoms with Crippen LogP contribution in [0.2, 0.25) is 0 Å². The second kappa shape index (κ2) is 3.18. The molecule has 1 fully saturated rings. The average Bonchev–Trinajstić information content (AvgIpc) is 2.47. The number of hydrogen-bond donors (Lipinski definition) is 1. The van der Waals surface area contributed by atoms with Gasteiger partial charge in [-0.2, -0.15) is 0 Å². The van der Waals surface area contributed by atoms with E-state index in [1.54, 1.807) is 0 Å². The van der Waals surface area contributed by atoms with Crippen molar-refractivity contribution in [1.82, 2.24) is 5.32 Å². The van der Waals surface area contributed by atoms with Gasteiger partial charge in [-0.15, -0.1) is 6.58 Å². The minimum Gasteiger partial charge on any atom is -0.385 e. The summed E-state index contributed by atoms with van der Waals surface area (Å²) in [5, 5.41) is 3.53. The molecule has 1 nitrogen and oxygen atoms in total. The molecule has 12 heavy (non-hydrogen) atoms. The zero-order valence-corrected chi connectivity index (χ0v) is 7.29. The first-order valence-electron chi connectivity index (χ1n) is 4.64. The lowest BCUT2D eigenvalue weighted by atomic mass is 9.95. The summed E-state index contributed by atoms with van der Waals surface area (Å²) >= 11 is 0. The second-order valence-electron chi connectivity index (χ2n) is 3.58. The molecule has 2 atom stereocenters. The highest BCUT2D eigenvalue weighted by atomic mass is 15.0. The van der Waals surface area contributed by atoms with Gasteiger partial charge in [0.05, 0.1) is 0 Å². The van der Waals surface area contributed by atoms with Crippen LogP contribution in [0.15, 0.2) is 36.6 Å². The Balaban J connectivity index is 2.02. The molecule has 0 amide bonds. The first-order valence-corrected chi connectivity index (χ1v) is 4.64. The van der Waals surface area contributed by atoms with Gasteiger partial charge in [-0.05, 0) is 25.3 Å². The van der Waals surface area contributed by atoms with Crippen molar-refractivity contribution in [2.24, 2.45) is 5.92 Å². The predicted octanol–water partition coefficient (Wildman–Crippen LogP) is 2.38. The molecule has 2 unspecified atom stereocenters. The van der Waals surface area contributed by atoms with Crippen molar-refractivity contribution < 1.29 is 0 Å². The number of rotatable bonds is 2. The molecule has 1 N–H and O–H groups in total. The highest BCUT2D eigenvalue weighted by Crippen LogP contribution is 2.30. The summed E-state index contributed by atoms with van der Waals surface area (Å²) in [6, 6.07) is 0.638. The molecule has 0 radical (unpaired) electrons. The van der Waals surface area contributed by atoms with Gasteiger partial charge in [-0.3, -0.25) is 0 Å². The summed E-state index contributed by atoms with van der Waals surface area (Å²) in [4.78, 5) is 0. The Bertz CT molecular complexity index is 237. The monoisotopic (exact) mass is 161 g/mol. The van der Waals surface area contributed by atoms with E-state index in [9.17, 15) is 0 Å². The molecular weight excluding hydrogens is 146 g/mol. The number of fused-ring (bicyclic) bond motifs is 1. The van der Waals surface area contributed by atoms with E-state index in [4.69, 9.17) is 0 Å². The fourth-order valence-electron chi connectivity index (χ4n) is 2.06. The fraction of sp³-hybridized carbons (Fsp3) is 0.455. The maximum Gasteiger partial charge on any atom is 0.0299 e. The molecule has 0 spiro atoms. The Morgan fingerprint density at radius 1 is 1.67 bits per heavy atom. The second-order valence-corrected chi connectivity index (χ2v) is 3.58. The van der Waals surface area contributed by atoms with Crippen molar-refractivity contribution in [2.45, 2.75) is 25.3 Å². The third-order valence-electron chi connectivity index (χ3n) is 2.66. The summed E-state index contributed by atoms with van der Waals surface area (Å²) in [5.74, 6) is 0.764. The van der Waals surface area contributed by atoms with Crippen LogP contribution < -0.4 is 5.32 Å². The standard InChI is InChI=1S/C11H15N/c1-2-5-10-8-9-6-3-4-7-11(9)12-10/h2-4,7,9-10,12H,1,5-6,8H2. The smallest absolute Gasteiger partial charge is 0.0299 e. The average molecular weight is 161 g/mol. The van der Waals surface area contributed by atoms with Crippen LogP contribution >= 0.6 is 0 Å². The van der Waals surface area contributed by atoms with Crippen molar-refractivity contribution in [2.75, 3.05) is 0 Å². The number of allylic oxidation sites excluding steroid dienone is 4. The van der Waals surface area contributed by atoms with Gasteiger partial charge < -0.3 is 5.32 Å². The number of nitrogens with one attached hydrogen (secondary N) is 1. The predicted molar refractivity (Wildman–Crippen MR) is 51.7 cm³/mol. The third kappa shape index (κ3) is 1.31. The molecular formula is C11H15N. The maximum absolute atomic E-state index is 3.77. The van der Waals surface area contributed by atoms with Crippen LogP contribution in [-0.4, -0.2) is 6.04 Å². The highest BCUT2D eigenvalue weighted by Gasteiger charge is 2.27. The minimum absolute atomic E-state index is 0.638. The van der Waals surface area contributed by atoms with Crippen LogP contribution in [0, 0.1) is 5.92 Å². The first kappa shape index (κ1) is 7.66. The Labute approximate surface area is 73.9 Å². The van der Waals surface area contributed by atoms with E-state index < -0.39 is 0 Å². The lowest BCUT2D eigenvalue weighted by Crippen LogP contribution is -2.19. The lowest BCUT2D eigenvalue weighted by molar-refractivity contribution is 0.568. The van der Waals surface area contributed by atoms with Crippen LogP contribution in [0.25, 0.3) is 0 Å². The molecule has 1 heteroatoms. The molecule has 2 rings (SSSR count). The van der Waals surface area contributed by atoms with Crippen molar-refractivity contribution in [3.63, 3.8) is 0 Å². The van der Waals surface area contributed by atoms with Gasteiger partial charge >= 0.3 is 0 Å². The van der Waals surface area contributed by atoms with Crippen LogP contribution in [0.4, 0.5) is 0 Å². The zero-order valence-electron chi connectivity index (χ0n) is 7.29. The Hall–Kier alpha value is -0.980. The van der Waals surface area contributed by atoms with Crippen molar-refractivity contribution >= 4 is 0 Å². The summed E-state index contributed by atoms with van der Waals surface area (Å²) in [6.45, 7) is 3.77. The zero-order chi connectivity index (χ0) is 8.39. The minimum atomic E-state index is 0.638. The van der Waals surface area contributed by atoms with E-state index in [1.807, 2.05) is 6.08 Å². The summed E-state index contributed by atoms with van der Waals surface area (Å²) < 4.78 is 0. The molecule has 1 heterocycles. The van der Waals surface area contributed by atoms with Crippen molar-refractivity contribution in [3.05, 3.63) is 36.6 Å². The first-order chi connectivity index (χ1) is 5.90. The van der Waals surface area contributed by atoms with Gasteiger partial charge in [0.15, 0.2) is 0 Å². The van der Waals surface area contributed by atoms with Crippen LogP contribution in [0.1, 0.15) is 19.3 Å². The molecule has 0 aromatic carbocycles. The van der Waals surface area contributed by atoms with E-state index in [1.165, 1.54) is 18.5 Å².